The lowest BCUT2D eigenvalue weighted by atomic mass is 9.99. The minimum absolute atomic E-state index is 0.300. The minimum Gasteiger partial charge on any atom is -0.271 e. The number of hydrazone groups is 1. The quantitative estimate of drug-likeness (QED) is 0.727. The van der Waals surface area contributed by atoms with Crippen molar-refractivity contribution in [3.05, 3.63) is 28.7 Å². The molecular formula is C17H24BrN3O3S. The van der Waals surface area contributed by atoms with Gasteiger partial charge in [-0.15, -0.1) is 0 Å². The minimum atomic E-state index is -3.58. The van der Waals surface area contributed by atoms with Crippen molar-refractivity contribution in [2.75, 3.05) is 17.1 Å². The van der Waals surface area contributed by atoms with Crippen molar-refractivity contribution in [2.45, 2.75) is 44.9 Å². The van der Waals surface area contributed by atoms with Crippen LogP contribution in [0.5, 0.6) is 0 Å². The Hall–Kier alpha value is -1.41. The molecule has 0 heterocycles. The van der Waals surface area contributed by atoms with Crippen molar-refractivity contribution in [1.82, 2.24) is 5.43 Å². The monoisotopic (exact) mass is 429 g/mol. The number of hydrogen-bond acceptors (Lipinski definition) is 4. The molecule has 0 bridgehead atoms. The number of carbonyl (C=O) groups is 1. The van der Waals surface area contributed by atoms with E-state index in [0.29, 0.717) is 5.69 Å². The normalized spacial score (nSPS) is 15.8. The number of sulfonamides is 1. The lowest BCUT2D eigenvalue weighted by Gasteiger charge is -2.21. The number of benzene rings is 1. The average molecular weight is 430 g/mol. The maximum Gasteiger partial charge on any atom is 0.260 e. The van der Waals surface area contributed by atoms with Gasteiger partial charge in [0.15, 0.2) is 0 Å². The number of halogens is 1. The zero-order valence-corrected chi connectivity index (χ0v) is 16.8. The third kappa shape index (κ3) is 6.78. The fourth-order valence-corrected chi connectivity index (χ4v) is 4.00. The van der Waals surface area contributed by atoms with E-state index in [0.717, 1.165) is 46.4 Å². The van der Waals surface area contributed by atoms with Crippen LogP contribution >= 0.6 is 15.9 Å². The third-order valence-corrected chi connectivity index (χ3v) is 5.69. The fourth-order valence-electron chi connectivity index (χ4n) is 2.76. The summed E-state index contributed by atoms with van der Waals surface area (Å²) in [4.78, 5) is 12.2. The van der Waals surface area contributed by atoms with Crippen molar-refractivity contribution >= 4 is 43.3 Å². The van der Waals surface area contributed by atoms with Gasteiger partial charge in [-0.25, -0.2) is 13.8 Å². The number of amides is 1. The maximum absolute atomic E-state index is 12.2. The van der Waals surface area contributed by atoms with Crippen molar-refractivity contribution in [2.24, 2.45) is 5.10 Å². The van der Waals surface area contributed by atoms with Gasteiger partial charge < -0.3 is 0 Å². The highest BCUT2D eigenvalue weighted by Crippen LogP contribution is 2.22. The standard InChI is InChI=1S/C17H24BrN3O3S/c1-25(23,24)21(16-11-7-8-14(18)12-16)13-17(22)20-19-15-9-5-3-2-4-6-10-15/h7-8,11-12H,2-6,9-10,13H2,1H3,(H,20,22). The summed E-state index contributed by atoms with van der Waals surface area (Å²) in [5.74, 6) is -0.444. The molecule has 1 aliphatic rings. The number of hydrogen-bond donors (Lipinski definition) is 1. The Labute approximate surface area is 157 Å². The summed E-state index contributed by atoms with van der Waals surface area (Å²) in [6.45, 7) is -0.300. The first-order valence-corrected chi connectivity index (χ1v) is 11.1. The Bertz CT molecular complexity index is 724. The molecule has 138 valence electrons. The van der Waals surface area contributed by atoms with Crippen LogP contribution in [0.15, 0.2) is 33.8 Å². The van der Waals surface area contributed by atoms with E-state index in [1.165, 1.54) is 19.3 Å². The van der Waals surface area contributed by atoms with Gasteiger partial charge in [0.05, 0.1) is 11.9 Å². The number of nitrogens with one attached hydrogen (secondary N) is 1. The summed E-state index contributed by atoms with van der Waals surface area (Å²) < 4.78 is 25.9. The summed E-state index contributed by atoms with van der Waals surface area (Å²) in [5.41, 5.74) is 3.94. The molecule has 1 amide bonds. The molecule has 1 saturated carbocycles. The van der Waals surface area contributed by atoms with Gasteiger partial charge in [-0.2, -0.15) is 5.10 Å². The second kappa shape index (κ2) is 9.33. The summed E-state index contributed by atoms with van der Waals surface area (Å²) in [6, 6.07) is 6.84. The van der Waals surface area contributed by atoms with E-state index in [2.05, 4.69) is 26.5 Å². The molecule has 0 atom stereocenters. The molecule has 0 aliphatic heterocycles. The smallest absolute Gasteiger partial charge is 0.260 e. The molecule has 1 N–H and O–H groups in total. The second-order valence-corrected chi connectivity index (χ2v) is 9.05. The Kier molecular flexibility index (Phi) is 7.43. The van der Waals surface area contributed by atoms with Gasteiger partial charge in [-0.05, 0) is 43.9 Å². The first-order chi connectivity index (χ1) is 11.9. The molecule has 1 aromatic rings. The Morgan fingerprint density at radius 2 is 1.84 bits per heavy atom. The van der Waals surface area contributed by atoms with Gasteiger partial charge in [0.25, 0.3) is 5.91 Å². The van der Waals surface area contributed by atoms with Gasteiger partial charge in [0, 0.05) is 10.2 Å². The Morgan fingerprint density at radius 3 is 2.44 bits per heavy atom. The predicted molar refractivity (Wildman–Crippen MR) is 104 cm³/mol. The molecule has 0 radical (unpaired) electrons. The molecule has 8 heteroatoms. The highest BCUT2D eigenvalue weighted by molar-refractivity contribution is 9.10. The molecule has 0 spiro atoms. The molecule has 1 fully saturated rings. The number of nitrogens with zero attached hydrogens (tertiary/aromatic N) is 2. The molecule has 1 aliphatic carbocycles. The van der Waals surface area contributed by atoms with E-state index in [-0.39, 0.29) is 6.54 Å². The summed E-state index contributed by atoms with van der Waals surface area (Å²) in [5, 5.41) is 4.22. The molecule has 0 saturated heterocycles. The first kappa shape index (κ1) is 19.9. The van der Waals surface area contributed by atoms with Gasteiger partial charge in [0.2, 0.25) is 10.0 Å². The predicted octanol–water partition coefficient (Wildman–Crippen LogP) is 3.43. The number of carbonyl (C=O) groups excluding carboxylic acids is 1. The van der Waals surface area contributed by atoms with Crippen molar-refractivity contribution in [3.8, 4) is 0 Å². The number of rotatable bonds is 5. The molecule has 0 unspecified atom stereocenters. The summed E-state index contributed by atoms with van der Waals surface area (Å²) in [6.07, 6.45) is 8.68. The van der Waals surface area contributed by atoms with Crippen molar-refractivity contribution < 1.29 is 13.2 Å². The first-order valence-electron chi connectivity index (χ1n) is 8.44. The van der Waals surface area contributed by atoms with E-state index in [9.17, 15) is 13.2 Å². The van der Waals surface area contributed by atoms with Crippen LogP contribution in [0.25, 0.3) is 0 Å². The lowest BCUT2D eigenvalue weighted by molar-refractivity contribution is -0.119. The SMILES string of the molecule is CS(=O)(=O)N(CC(=O)NN=C1CCCCCCC1)c1cccc(Br)c1. The molecule has 25 heavy (non-hydrogen) atoms. The second-order valence-electron chi connectivity index (χ2n) is 6.23. The van der Waals surface area contributed by atoms with Crippen LogP contribution in [0.4, 0.5) is 5.69 Å². The van der Waals surface area contributed by atoms with E-state index >= 15 is 0 Å². The van der Waals surface area contributed by atoms with Crippen LogP contribution in [0, 0.1) is 0 Å². The van der Waals surface area contributed by atoms with Gasteiger partial charge >= 0.3 is 0 Å². The Balaban J connectivity index is 2.04. The van der Waals surface area contributed by atoms with Crippen LogP contribution in [0.1, 0.15) is 44.9 Å². The molecule has 0 aromatic heterocycles. The summed E-state index contributed by atoms with van der Waals surface area (Å²) >= 11 is 3.32. The van der Waals surface area contributed by atoms with Crippen molar-refractivity contribution in [3.63, 3.8) is 0 Å². The van der Waals surface area contributed by atoms with Gasteiger partial charge in [-0.3, -0.25) is 9.10 Å². The highest BCUT2D eigenvalue weighted by atomic mass is 79.9. The van der Waals surface area contributed by atoms with Crippen LogP contribution < -0.4 is 9.73 Å². The average Bonchev–Trinajstić information content (AvgIpc) is 2.50. The van der Waals surface area contributed by atoms with Crippen LogP contribution in [-0.2, 0) is 14.8 Å². The van der Waals surface area contributed by atoms with Crippen molar-refractivity contribution in [1.29, 1.82) is 0 Å². The molecule has 1 aromatic carbocycles. The largest absolute Gasteiger partial charge is 0.271 e. The molecular weight excluding hydrogens is 406 g/mol. The van der Waals surface area contributed by atoms with E-state index in [1.54, 1.807) is 24.3 Å². The van der Waals surface area contributed by atoms with Crippen LogP contribution in [-0.4, -0.2) is 32.8 Å². The highest BCUT2D eigenvalue weighted by Gasteiger charge is 2.21. The lowest BCUT2D eigenvalue weighted by Crippen LogP contribution is -2.39. The number of anilines is 1. The van der Waals surface area contributed by atoms with E-state index in [4.69, 9.17) is 0 Å². The van der Waals surface area contributed by atoms with Crippen LogP contribution in [0.2, 0.25) is 0 Å². The summed E-state index contributed by atoms with van der Waals surface area (Å²) in [7, 11) is -3.58. The zero-order chi connectivity index (χ0) is 18.3. The fraction of sp³-hybridized carbons (Fsp3) is 0.529. The van der Waals surface area contributed by atoms with E-state index in [1.807, 2.05) is 0 Å². The molecule has 6 nitrogen and oxygen atoms in total. The third-order valence-electron chi connectivity index (χ3n) is 4.05. The van der Waals surface area contributed by atoms with Gasteiger partial charge in [-0.1, -0.05) is 41.3 Å². The molecule has 2 rings (SSSR count). The Morgan fingerprint density at radius 1 is 1.20 bits per heavy atom. The van der Waals surface area contributed by atoms with Gasteiger partial charge in [0.1, 0.15) is 6.54 Å². The van der Waals surface area contributed by atoms with E-state index < -0.39 is 15.9 Å². The topological polar surface area (TPSA) is 78.8 Å². The van der Waals surface area contributed by atoms with Crippen LogP contribution in [0.3, 0.4) is 0 Å². The maximum atomic E-state index is 12.2. The zero-order valence-electron chi connectivity index (χ0n) is 14.4.